The Morgan fingerprint density at radius 2 is 2.10 bits per heavy atom. The number of imidazole rings is 1. The van der Waals surface area contributed by atoms with Gasteiger partial charge in [0, 0.05) is 26.5 Å². The van der Waals surface area contributed by atoms with Crippen LogP contribution in [0.3, 0.4) is 0 Å². The number of hydrogen-bond donors (Lipinski definition) is 0. The zero-order valence-electron chi connectivity index (χ0n) is 11.4. The highest BCUT2D eigenvalue weighted by atomic mass is 19.4. The number of pyridine rings is 1. The van der Waals surface area contributed by atoms with Crippen molar-refractivity contribution in [2.45, 2.75) is 12.7 Å². The molecule has 0 fully saturated rings. The SMILES string of the molecule is CN(Cc1nccn1C)c1nc(C(F)(F)F)ccc1C#N. The second kappa shape index (κ2) is 5.44. The second-order valence-electron chi connectivity index (χ2n) is 4.49. The van der Waals surface area contributed by atoms with Crippen molar-refractivity contribution in [2.24, 2.45) is 7.05 Å². The normalized spacial score (nSPS) is 11.2. The molecule has 0 spiro atoms. The summed E-state index contributed by atoms with van der Waals surface area (Å²) in [5.41, 5.74) is -0.942. The average Bonchev–Trinajstić information content (AvgIpc) is 2.82. The van der Waals surface area contributed by atoms with E-state index in [-0.39, 0.29) is 17.9 Å². The Labute approximate surface area is 119 Å². The fourth-order valence-corrected chi connectivity index (χ4v) is 1.82. The van der Waals surface area contributed by atoms with Gasteiger partial charge in [0.05, 0.1) is 12.1 Å². The molecule has 0 aromatic carbocycles. The molecule has 0 aliphatic carbocycles. The number of aromatic nitrogens is 3. The lowest BCUT2D eigenvalue weighted by Crippen LogP contribution is -2.22. The van der Waals surface area contributed by atoms with Crippen molar-refractivity contribution in [3.05, 3.63) is 41.6 Å². The first-order valence-corrected chi connectivity index (χ1v) is 5.98. The Bertz CT molecular complexity index is 684. The molecule has 0 radical (unpaired) electrons. The Morgan fingerprint density at radius 1 is 1.38 bits per heavy atom. The molecule has 8 heteroatoms. The summed E-state index contributed by atoms with van der Waals surface area (Å²) in [6.45, 7) is 0.243. The van der Waals surface area contributed by atoms with Gasteiger partial charge < -0.3 is 9.47 Å². The van der Waals surface area contributed by atoms with Crippen LogP contribution in [0.5, 0.6) is 0 Å². The van der Waals surface area contributed by atoms with Crippen LogP contribution in [0.2, 0.25) is 0 Å². The summed E-state index contributed by atoms with van der Waals surface area (Å²) in [6, 6.07) is 3.78. The number of rotatable bonds is 3. The summed E-state index contributed by atoms with van der Waals surface area (Å²) in [7, 11) is 3.35. The van der Waals surface area contributed by atoms with E-state index in [0.29, 0.717) is 5.82 Å². The average molecular weight is 295 g/mol. The zero-order chi connectivity index (χ0) is 15.6. The van der Waals surface area contributed by atoms with Crippen molar-refractivity contribution in [2.75, 3.05) is 11.9 Å². The molecule has 21 heavy (non-hydrogen) atoms. The number of nitriles is 1. The molecule has 5 nitrogen and oxygen atoms in total. The van der Waals surface area contributed by atoms with E-state index in [4.69, 9.17) is 5.26 Å². The number of hydrogen-bond acceptors (Lipinski definition) is 4. The molecule has 2 aromatic rings. The fraction of sp³-hybridized carbons (Fsp3) is 0.308. The predicted molar refractivity (Wildman–Crippen MR) is 69.3 cm³/mol. The van der Waals surface area contributed by atoms with Gasteiger partial charge in [0.1, 0.15) is 23.4 Å². The van der Waals surface area contributed by atoms with Gasteiger partial charge in [-0.1, -0.05) is 0 Å². The van der Waals surface area contributed by atoms with Crippen LogP contribution in [0.4, 0.5) is 19.0 Å². The lowest BCUT2D eigenvalue weighted by molar-refractivity contribution is -0.141. The molecule has 0 unspecified atom stereocenters. The van der Waals surface area contributed by atoms with Crippen molar-refractivity contribution in [3.8, 4) is 6.07 Å². The summed E-state index contributed by atoms with van der Waals surface area (Å²) < 4.78 is 39.9. The third-order valence-corrected chi connectivity index (χ3v) is 2.95. The first-order valence-electron chi connectivity index (χ1n) is 5.98. The molecule has 0 amide bonds. The lowest BCUT2D eigenvalue weighted by Gasteiger charge is -2.20. The van der Waals surface area contributed by atoms with Crippen LogP contribution in [0.1, 0.15) is 17.1 Å². The number of alkyl halides is 3. The van der Waals surface area contributed by atoms with E-state index >= 15 is 0 Å². The van der Waals surface area contributed by atoms with Gasteiger partial charge in [-0.25, -0.2) is 9.97 Å². The minimum Gasteiger partial charge on any atom is -0.351 e. The molecule has 0 aliphatic heterocycles. The van der Waals surface area contributed by atoms with E-state index in [2.05, 4.69) is 9.97 Å². The number of halogens is 3. The van der Waals surface area contributed by atoms with Gasteiger partial charge in [0.15, 0.2) is 0 Å². The quantitative estimate of drug-likeness (QED) is 0.872. The molecule has 110 valence electrons. The monoisotopic (exact) mass is 295 g/mol. The first kappa shape index (κ1) is 14.8. The van der Waals surface area contributed by atoms with Gasteiger partial charge in [0.25, 0.3) is 0 Å². The van der Waals surface area contributed by atoms with Gasteiger partial charge in [-0.2, -0.15) is 18.4 Å². The van der Waals surface area contributed by atoms with Gasteiger partial charge in [0.2, 0.25) is 0 Å². The maximum Gasteiger partial charge on any atom is 0.433 e. The molecular weight excluding hydrogens is 283 g/mol. The van der Waals surface area contributed by atoms with E-state index in [1.807, 2.05) is 6.07 Å². The lowest BCUT2D eigenvalue weighted by atomic mass is 10.2. The molecule has 0 atom stereocenters. The summed E-state index contributed by atoms with van der Waals surface area (Å²) in [5.74, 6) is 0.635. The minimum atomic E-state index is -4.55. The van der Waals surface area contributed by atoms with Crippen LogP contribution in [0, 0.1) is 11.3 Å². The standard InChI is InChI=1S/C13H12F3N5/c1-20-6-5-18-11(20)8-21(2)12-9(7-17)3-4-10(19-12)13(14,15)16/h3-6H,8H2,1-2H3. The Morgan fingerprint density at radius 3 is 2.62 bits per heavy atom. The summed E-state index contributed by atoms with van der Waals surface area (Å²) in [6.07, 6.45) is -1.23. The zero-order valence-corrected chi connectivity index (χ0v) is 11.4. The largest absolute Gasteiger partial charge is 0.433 e. The smallest absolute Gasteiger partial charge is 0.351 e. The van der Waals surface area contributed by atoms with Crippen molar-refractivity contribution in [1.29, 1.82) is 5.26 Å². The Hall–Kier alpha value is -2.56. The molecule has 2 rings (SSSR count). The second-order valence-corrected chi connectivity index (χ2v) is 4.49. The number of anilines is 1. The van der Waals surface area contributed by atoms with Gasteiger partial charge >= 0.3 is 6.18 Å². The van der Waals surface area contributed by atoms with Crippen molar-refractivity contribution < 1.29 is 13.2 Å². The van der Waals surface area contributed by atoms with Crippen molar-refractivity contribution >= 4 is 5.82 Å². The molecule has 0 N–H and O–H groups in total. The van der Waals surface area contributed by atoms with Crippen LogP contribution >= 0.6 is 0 Å². The molecule has 0 saturated heterocycles. The van der Waals surface area contributed by atoms with Crippen molar-refractivity contribution in [1.82, 2.24) is 14.5 Å². The van der Waals surface area contributed by atoms with Gasteiger partial charge in [-0.05, 0) is 12.1 Å². The van der Waals surface area contributed by atoms with Crippen LogP contribution < -0.4 is 4.90 Å². The Kier molecular flexibility index (Phi) is 3.84. The predicted octanol–water partition coefficient (Wildman–Crippen LogP) is 2.34. The van der Waals surface area contributed by atoms with E-state index in [1.54, 1.807) is 31.1 Å². The van der Waals surface area contributed by atoms with Crippen molar-refractivity contribution in [3.63, 3.8) is 0 Å². The van der Waals surface area contributed by atoms with E-state index < -0.39 is 11.9 Å². The highest BCUT2D eigenvalue weighted by Crippen LogP contribution is 2.30. The molecular formula is C13H12F3N5. The maximum atomic E-state index is 12.7. The highest BCUT2D eigenvalue weighted by Gasteiger charge is 2.33. The first-order chi connectivity index (χ1) is 9.82. The Balaban J connectivity index is 2.37. The summed E-state index contributed by atoms with van der Waals surface area (Å²) >= 11 is 0. The molecule has 0 saturated carbocycles. The van der Waals surface area contributed by atoms with E-state index in [1.165, 1.54) is 4.90 Å². The molecule has 2 aromatic heterocycles. The van der Waals surface area contributed by atoms with Crippen LogP contribution in [-0.4, -0.2) is 21.6 Å². The molecule has 0 aliphatic rings. The summed E-state index contributed by atoms with van der Waals surface area (Å²) in [5, 5.41) is 9.02. The molecule has 2 heterocycles. The third kappa shape index (κ3) is 3.13. The van der Waals surface area contributed by atoms with Crippen LogP contribution in [0.15, 0.2) is 24.5 Å². The topological polar surface area (TPSA) is 57.7 Å². The van der Waals surface area contributed by atoms with E-state index in [0.717, 1.165) is 12.1 Å². The molecule has 0 bridgehead atoms. The summed E-state index contributed by atoms with van der Waals surface area (Å²) in [4.78, 5) is 9.13. The minimum absolute atomic E-state index is 0.0182. The van der Waals surface area contributed by atoms with Gasteiger partial charge in [-0.15, -0.1) is 0 Å². The number of aryl methyl sites for hydroxylation is 1. The maximum absolute atomic E-state index is 12.7. The van der Waals surface area contributed by atoms with Gasteiger partial charge in [-0.3, -0.25) is 0 Å². The fourth-order valence-electron chi connectivity index (χ4n) is 1.82. The van der Waals surface area contributed by atoms with Crippen LogP contribution in [0.25, 0.3) is 0 Å². The van der Waals surface area contributed by atoms with Crippen LogP contribution in [-0.2, 0) is 19.8 Å². The number of nitrogens with zero attached hydrogens (tertiary/aromatic N) is 5. The third-order valence-electron chi connectivity index (χ3n) is 2.95. The van der Waals surface area contributed by atoms with E-state index in [9.17, 15) is 13.2 Å². The highest BCUT2D eigenvalue weighted by molar-refractivity contribution is 5.54.